The summed E-state index contributed by atoms with van der Waals surface area (Å²) in [5.74, 6) is 2.07. The van der Waals surface area contributed by atoms with Crippen molar-refractivity contribution in [2.75, 3.05) is 17.7 Å². The van der Waals surface area contributed by atoms with Crippen LogP contribution in [0.3, 0.4) is 0 Å². The number of aromatic nitrogens is 2. The monoisotopic (exact) mass is 232 g/mol. The molecule has 2 aromatic heterocycles. The van der Waals surface area contributed by atoms with E-state index in [0.717, 1.165) is 23.5 Å². The van der Waals surface area contributed by atoms with Gasteiger partial charge >= 0.3 is 0 Å². The summed E-state index contributed by atoms with van der Waals surface area (Å²) in [5, 5.41) is 0. The van der Waals surface area contributed by atoms with E-state index < -0.39 is 0 Å². The minimum absolute atomic E-state index is 0.534. The molecule has 0 unspecified atom stereocenters. The van der Waals surface area contributed by atoms with Crippen LogP contribution in [0, 0.1) is 13.8 Å². The first-order chi connectivity index (χ1) is 8.08. The largest absolute Gasteiger partial charge is 0.472 e. The highest BCUT2D eigenvalue weighted by Gasteiger charge is 2.11. The lowest BCUT2D eigenvalue weighted by Gasteiger charge is -2.20. The molecule has 5 heteroatoms. The second-order valence-corrected chi connectivity index (χ2v) is 4.09. The van der Waals surface area contributed by atoms with Crippen molar-refractivity contribution in [3.8, 4) is 0 Å². The maximum Gasteiger partial charge on any atom is 0.137 e. The molecule has 2 rings (SSSR count). The number of hydrogen-bond donors (Lipinski definition) is 1. The lowest BCUT2D eigenvalue weighted by atomic mass is 10.2. The Kier molecular flexibility index (Phi) is 2.99. The van der Waals surface area contributed by atoms with Crippen molar-refractivity contribution in [2.24, 2.45) is 0 Å². The predicted octanol–water partition coefficient (Wildman–Crippen LogP) is 1.91. The number of nitrogens with two attached hydrogens (primary N) is 1. The smallest absolute Gasteiger partial charge is 0.137 e. The predicted molar refractivity (Wildman–Crippen MR) is 66.7 cm³/mol. The average Bonchev–Trinajstić information content (AvgIpc) is 2.76. The second kappa shape index (κ2) is 4.45. The number of furan rings is 1. The van der Waals surface area contributed by atoms with Crippen LogP contribution >= 0.6 is 0 Å². The molecule has 2 heterocycles. The second-order valence-electron chi connectivity index (χ2n) is 4.09. The highest BCUT2D eigenvalue weighted by atomic mass is 16.3. The topological polar surface area (TPSA) is 68.2 Å². The van der Waals surface area contributed by atoms with E-state index in [0.29, 0.717) is 11.6 Å². The molecule has 0 saturated heterocycles. The van der Waals surface area contributed by atoms with Gasteiger partial charge in [0.25, 0.3) is 0 Å². The van der Waals surface area contributed by atoms with Gasteiger partial charge in [0.05, 0.1) is 12.5 Å². The van der Waals surface area contributed by atoms with Gasteiger partial charge in [-0.05, 0) is 19.9 Å². The van der Waals surface area contributed by atoms with Gasteiger partial charge in [0.15, 0.2) is 0 Å². The molecule has 0 saturated carbocycles. The van der Waals surface area contributed by atoms with E-state index >= 15 is 0 Å². The van der Waals surface area contributed by atoms with Crippen molar-refractivity contribution in [2.45, 2.75) is 20.4 Å². The van der Waals surface area contributed by atoms with Crippen LogP contribution in [0.5, 0.6) is 0 Å². The molecule has 0 aliphatic heterocycles. The van der Waals surface area contributed by atoms with Crippen LogP contribution in [0.25, 0.3) is 0 Å². The third-order valence-electron chi connectivity index (χ3n) is 2.63. The normalized spacial score (nSPS) is 10.5. The molecule has 5 nitrogen and oxygen atoms in total. The first-order valence-electron chi connectivity index (χ1n) is 5.41. The zero-order chi connectivity index (χ0) is 12.4. The summed E-state index contributed by atoms with van der Waals surface area (Å²) in [6, 6.07) is 1.93. The van der Waals surface area contributed by atoms with E-state index in [-0.39, 0.29) is 0 Å². The van der Waals surface area contributed by atoms with Crippen molar-refractivity contribution < 1.29 is 4.42 Å². The Hall–Kier alpha value is -2.04. The summed E-state index contributed by atoms with van der Waals surface area (Å²) >= 11 is 0. The summed E-state index contributed by atoms with van der Waals surface area (Å²) in [6.45, 7) is 4.49. The van der Waals surface area contributed by atoms with Gasteiger partial charge in [-0.1, -0.05) is 0 Å². The van der Waals surface area contributed by atoms with Crippen LogP contribution in [-0.2, 0) is 6.54 Å². The van der Waals surface area contributed by atoms with Crippen molar-refractivity contribution in [3.63, 3.8) is 0 Å². The first-order valence-corrected chi connectivity index (χ1v) is 5.41. The van der Waals surface area contributed by atoms with Gasteiger partial charge in [0.1, 0.15) is 17.5 Å². The highest BCUT2D eigenvalue weighted by molar-refractivity contribution is 5.56. The fraction of sp³-hybridized carbons (Fsp3) is 0.333. The summed E-state index contributed by atoms with van der Waals surface area (Å²) in [4.78, 5) is 10.6. The molecule has 2 N–H and O–H groups in total. The zero-order valence-corrected chi connectivity index (χ0v) is 10.3. The number of anilines is 2. The van der Waals surface area contributed by atoms with Crippen molar-refractivity contribution in [3.05, 3.63) is 35.5 Å². The maximum absolute atomic E-state index is 5.84. The van der Waals surface area contributed by atoms with Gasteiger partial charge < -0.3 is 15.1 Å². The molecule has 90 valence electrons. The summed E-state index contributed by atoms with van der Waals surface area (Å²) in [5.41, 5.74) is 7.84. The Morgan fingerprint density at radius 1 is 1.35 bits per heavy atom. The molecule has 0 aliphatic rings. The van der Waals surface area contributed by atoms with E-state index in [1.807, 2.05) is 31.9 Å². The van der Waals surface area contributed by atoms with Gasteiger partial charge in [-0.15, -0.1) is 0 Å². The Balaban J connectivity index is 2.27. The Morgan fingerprint density at radius 2 is 2.12 bits per heavy atom. The van der Waals surface area contributed by atoms with Crippen LogP contribution in [0.4, 0.5) is 11.6 Å². The number of aryl methyl sites for hydroxylation is 1. The van der Waals surface area contributed by atoms with Crippen LogP contribution in [0.1, 0.15) is 17.0 Å². The Labute approximate surface area is 100 Å². The average molecular weight is 232 g/mol. The molecular formula is C12H16N4O. The van der Waals surface area contributed by atoms with E-state index in [2.05, 4.69) is 9.97 Å². The maximum atomic E-state index is 5.84. The molecule has 0 spiro atoms. The molecule has 0 amide bonds. The minimum Gasteiger partial charge on any atom is -0.472 e. The van der Waals surface area contributed by atoms with E-state index in [1.54, 1.807) is 12.5 Å². The van der Waals surface area contributed by atoms with Gasteiger partial charge in [0.2, 0.25) is 0 Å². The van der Waals surface area contributed by atoms with Crippen molar-refractivity contribution >= 4 is 11.6 Å². The molecule has 0 fully saturated rings. The molecule has 2 aromatic rings. The van der Waals surface area contributed by atoms with E-state index in [9.17, 15) is 0 Å². The fourth-order valence-corrected chi connectivity index (χ4v) is 1.74. The number of nitrogens with zero attached hydrogens (tertiary/aromatic N) is 3. The highest BCUT2D eigenvalue weighted by Crippen LogP contribution is 2.21. The standard InChI is InChI=1S/C12H16N4O/c1-8-11(13)14-9(2)15-12(8)16(3)6-10-4-5-17-7-10/h4-5,7H,6H2,1-3H3,(H2,13,14,15). The van der Waals surface area contributed by atoms with E-state index in [4.69, 9.17) is 10.2 Å². The molecule has 0 aromatic carbocycles. The SMILES string of the molecule is Cc1nc(N)c(C)c(N(C)Cc2ccoc2)n1. The summed E-state index contributed by atoms with van der Waals surface area (Å²) in [7, 11) is 1.97. The number of nitrogen functional groups attached to an aromatic ring is 1. The number of rotatable bonds is 3. The van der Waals surface area contributed by atoms with Gasteiger partial charge in [-0.3, -0.25) is 0 Å². The molecule has 0 aliphatic carbocycles. The summed E-state index contributed by atoms with van der Waals surface area (Å²) in [6.07, 6.45) is 3.39. The van der Waals surface area contributed by atoms with Crippen molar-refractivity contribution in [1.29, 1.82) is 0 Å². The fourth-order valence-electron chi connectivity index (χ4n) is 1.74. The quantitative estimate of drug-likeness (QED) is 0.875. The molecular weight excluding hydrogens is 216 g/mol. The number of hydrogen-bond acceptors (Lipinski definition) is 5. The van der Waals surface area contributed by atoms with Crippen LogP contribution < -0.4 is 10.6 Å². The third kappa shape index (κ3) is 2.38. The first kappa shape index (κ1) is 11.4. The molecule has 17 heavy (non-hydrogen) atoms. The minimum atomic E-state index is 0.534. The lowest BCUT2D eigenvalue weighted by molar-refractivity contribution is 0.563. The third-order valence-corrected chi connectivity index (χ3v) is 2.63. The van der Waals surface area contributed by atoms with Crippen LogP contribution in [-0.4, -0.2) is 17.0 Å². The van der Waals surface area contributed by atoms with Crippen molar-refractivity contribution in [1.82, 2.24) is 9.97 Å². The van der Waals surface area contributed by atoms with Gasteiger partial charge in [0, 0.05) is 24.7 Å². The summed E-state index contributed by atoms with van der Waals surface area (Å²) < 4.78 is 5.04. The van der Waals surface area contributed by atoms with Gasteiger partial charge in [-0.2, -0.15) is 0 Å². The molecule has 0 atom stereocenters. The van der Waals surface area contributed by atoms with Crippen LogP contribution in [0.15, 0.2) is 23.0 Å². The Bertz CT molecular complexity index is 507. The van der Waals surface area contributed by atoms with Crippen LogP contribution in [0.2, 0.25) is 0 Å². The van der Waals surface area contributed by atoms with E-state index in [1.165, 1.54) is 0 Å². The lowest BCUT2D eigenvalue weighted by Crippen LogP contribution is -2.20. The Morgan fingerprint density at radius 3 is 2.76 bits per heavy atom. The molecule has 0 radical (unpaired) electrons. The molecule has 0 bridgehead atoms. The zero-order valence-electron chi connectivity index (χ0n) is 10.3. The van der Waals surface area contributed by atoms with Gasteiger partial charge in [-0.25, -0.2) is 9.97 Å².